The second-order valence-electron chi connectivity index (χ2n) is 16.4. The number of piperazine rings is 1. The predicted molar refractivity (Wildman–Crippen MR) is 255 cm³/mol. The van der Waals surface area contributed by atoms with E-state index in [2.05, 4.69) is 68.0 Å². The number of nitrogens with two attached hydrogens (primary N) is 1. The number of fused-ring (bicyclic) bond motifs is 3. The molecule has 5 aromatic rings. The van der Waals surface area contributed by atoms with Crippen LogP contribution in [0.25, 0.3) is 11.1 Å². The van der Waals surface area contributed by atoms with Gasteiger partial charge in [0.15, 0.2) is 0 Å². The lowest BCUT2D eigenvalue weighted by Gasteiger charge is -2.46. The smallest absolute Gasteiger partial charge is 0.475 e. The lowest BCUT2D eigenvalue weighted by molar-refractivity contribution is -0.193. The van der Waals surface area contributed by atoms with Crippen LogP contribution >= 0.6 is 11.6 Å². The first-order chi connectivity index (χ1) is 34.6. The molecule has 400 valence electrons. The van der Waals surface area contributed by atoms with Crippen molar-refractivity contribution in [3.63, 3.8) is 0 Å². The molecule has 2 aliphatic heterocycles. The van der Waals surface area contributed by atoms with Gasteiger partial charge in [0.2, 0.25) is 0 Å². The summed E-state index contributed by atoms with van der Waals surface area (Å²) >= 11 is 6.15. The maximum Gasteiger partial charge on any atom is 0.490 e. The summed E-state index contributed by atoms with van der Waals surface area (Å²) in [5, 5.41) is 22.1. The Kier molecular flexibility index (Phi) is 21.4. The number of nitrogens with zero attached hydrogens (tertiary/aromatic N) is 3. The molecule has 5 aromatic carbocycles. The Labute approximate surface area is 423 Å². The van der Waals surface area contributed by atoms with E-state index >= 15 is 0 Å². The summed E-state index contributed by atoms with van der Waals surface area (Å²) in [6.07, 6.45) is -12.6. The standard InChI is InChI=1S/C43H46ClN5O3S.3C2HF3O2/c44-38-16-12-34(13-17-38)41-9-5-4-8-37(41)30-48-26-27-49-39(31-48)18-14-35-28-36(15-21-42(35)49)43(50)46-53(51,52)40-19-10-33(11-20-40)29-47(25-23-45)24-22-32-6-2-1-3-7-32;3*3-2(4,5)1(6)7/h1-13,15-17,19-21,28,39H,14,18,22-27,29-31,45H2,(H,46,50);3*(H,6,7)/t39-;;;/m0.../s1. The number of rotatable bonds is 13. The molecule has 1 fully saturated rings. The zero-order valence-corrected chi connectivity index (χ0v) is 40.4. The Morgan fingerprint density at radius 1 is 0.703 bits per heavy atom. The number of alkyl halides is 9. The van der Waals surface area contributed by atoms with E-state index in [0.717, 1.165) is 85.9 Å². The number of hydrogen-bond acceptors (Lipinski definition) is 10. The third kappa shape index (κ3) is 18.6. The first-order valence-corrected chi connectivity index (χ1v) is 23.9. The second-order valence-corrected chi connectivity index (χ2v) is 18.5. The van der Waals surface area contributed by atoms with Gasteiger partial charge in [0.25, 0.3) is 15.9 Å². The number of halogens is 10. The number of hydrogen-bond donors (Lipinski definition) is 5. The van der Waals surface area contributed by atoms with Crippen LogP contribution in [-0.4, -0.2) is 121 Å². The van der Waals surface area contributed by atoms with E-state index in [1.165, 1.54) is 16.7 Å². The number of aliphatic carboxylic acids is 3. The van der Waals surface area contributed by atoms with E-state index in [0.29, 0.717) is 24.7 Å². The number of benzene rings is 5. The molecule has 25 heteroatoms. The molecule has 2 aliphatic rings. The summed E-state index contributed by atoms with van der Waals surface area (Å²) in [5.74, 6) is -8.90. The third-order valence-corrected chi connectivity index (χ3v) is 12.7. The van der Waals surface area contributed by atoms with Gasteiger partial charge >= 0.3 is 36.4 Å². The van der Waals surface area contributed by atoms with Crippen molar-refractivity contribution in [2.75, 3.05) is 44.2 Å². The van der Waals surface area contributed by atoms with Crippen molar-refractivity contribution < 1.29 is 82.4 Å². The minimum absolute atomic E-state index is 0.0544. The number of anilines is 1. The number of nitrogens with one attached hydrogen (secondary N) is 1. The minimum Gasteiger partial charge on any atom is -0.475 e. The zero-order chi connectivity index (χ0) is 55.0. The maximum atomic E-state index is 13.3. The summed E-state index contributed by atoms with van der Waals surface area (Å²) in [7, 11) is -4.06. The van der Waals surface area contributed by atoms with Gasteiger partial charge in [0.1, 0.15) is 0 Å². The molecule has 2 heterocycles. The Hall–Kier alpha value is -6.73. The molecule has 7 rings (SSSR count). The lowest BCUT2D eigenvalue weighted by Crippen LogP contribution is -2.54. The fourth-order valence-electron chi connectivity index (χ4n) is 7.62. The average Bonchev–Trinajstić information content (AvgIpc) is 3.33. The van der Waals surface area contributed by atoms with Crippen molar-refractivity contribution in [3.8, 4) is 11.1 Å². The molecule has 0 spiro atoms. The maximum absolute atomic E-state index is 13.3. The Morgan fingerprint density at radius 3 is 1.81 bits per heavy atom. The zero-order valence-electron chi connectivity index (χ0n) is 38.8. The van der Waals surface area contributed by atoms with Crippen LogP contribution in [0.5, 0.6) is 0 Å². The first kappa shape index (κ1) is 59.8. The topological polar surface area (TPSA) is 211 Å². The quantitative estimate of drug-likeness (QED) is 0.0700. The van der Waals surface area contributed by atoms with E-state index in [9.17, 15) is 52.7 Å². The van der Waals surface area contributed by atoms with Gasteiger partial charge in [-0.05, 0) is 95.1 Å². The molecule has 0 unspecified atom stereocenters. The molecule has 6 N–H and O–H groups in total. The SMILES string of the molecule is NCCN(CCc1ccccc1)Cc1ccc(S(=O)(=O)NC(=O)c2ccc3c(c2)CC[C@H]2CN(Cc4ccccc4-c4ccc(Cl)cc4)CCN32)cc1.O=C(O)C(F)(F)F.O=C(O)C(F)(F)F.O=C(O)C(F)(F)F. The van der Waals surface area contributed by atoms with Gasteiger partial charge in [-0.2, -0.15) is 39.5 Å². The Balaban J connectivity index is 0.000000474. The van der Waals surface area contributed by atoms with Gasteiger partial charge in [-0.15, -0.1) is 0 Å². The van der Waals surface area contributed by atoms with Crippen LogP contribution in [0, 0.1) is 0 Å². The van der Waals surface area contributed by atoms with Gasteiger partial charge < -0.3 is 26.0 Å². The molecule has 0 aromatic heterocycles. The summed E-state index contributed by atoms with van der Waals surface area (Å²) in [6, 6.07) is 39.6. The van der Waals surface area contributed by atoms with Crippen LogP contribution in [-0.2, 0) is 50.3 Å². The first-order valence-electron chi connectivity index (χ1n) is 22.1. The number of sulfonamides is 1. The van der Waals surface area contributed by atoms with Crippen LogP contribution in [0.2, 0.25) is 5.02 Å². The Bertz CT molecular complexity index is 2730. The van der Waals surface area contributed by atoms with Crippen molar-refractivity contribution in [2.24, 2.45) is 5.73 Å². The molecule has 1 amide bonds. The highest BCUT2D eigenvalue weighted by atomic mass is 35.5. The summed E-state index contributed by atoms with van der Waals surface area (Å²) in [4.78, 5) is 47.3. The van der Waals surface area contributed by atoms with Crippen LogP contribution in [0.1, 0.15) is 39.0 Å². The minimum atomic E-state index is -5.08. The van der Waals surface area contributed by atoms with Crippen LogP contribution in [0.4, 0.5) is 45.2 Å². The van der Waals surface area contributed by atoms with Crippen molar-refractivity contribution >= 4 is 51.1 Å². The van der Waals surface area contributed by atoms with Gasteiger partial charge in [-0.25, -0.2) is 27.5 Å². The summed E-state index contributed by atoms with van der Waals surface area (Å²) < 4.78 is 124. The molecule has 14 nitrogen and oxygen atoms in total. The van der Waals surface area contributed by atoms with Gasteiger partial charge in [-0.1, -0.05) is 90.5 Å². The Morgan fingerprint density at radius 2 is 1.26 bits per heavy atom. The van der Waals surface area contributed by atoms with Gasteiger partial charge in [-0.3, -0.25) is 14.6 Å². The third-order valence-electron chi connectivity index (χ3n) is 11.1. The molecular formula is C49H49ClF9N5O9S. The number of carbonyl (C=O) groups excluding carboxylic acids is 1. The lowest BCUT2D eigenvalue weighted by atomic mass is 9.92. The van der Waals surface area contributed by atoms with Crippen molar-refractivity contribution in [1.29, 1.82) is 0 Å². The second kappa shape index (κ2) is 26.5. The highest BCUT2D eigenvalue weighted by Crippen LogP contribution is 2.35. The van der Waals surface area contributed by atoms with Gasteiger partial charge in [0, 0.05) is 74.7 Å². The number of aryl methyl sites for hydroxylation is 1. The largest absolute Gasteiger partial charge is 0.490 e. The number of carbonyl (C=O) groups is 4. The van der Waals surface area contributed by atoms with E-state index in [4.69, 9.17) is 47.0 Å². The van der Waals surface area contributed by atoms with E-state index < -0.39 is 52.4 Å². The number of carboxylic acids is 3. The van der Waals surface area contributed by atoms with Crippen molar-refractivity contribution in [1.82, 2.24) is 14.5 Å². The van der Waals surface area contributed by atoms with E-state index in [-0.39, 0.29) is 4.90 Å². The summed E-state index contributed by atoms with van der Waals surface area (Å²) in [5.41, 5.74) is 14.4. The van der Waals surface area contributed by atoms with Crippen LogP contribution in [0.15, 0.2) is 126 Å². The van der Waals surface area contributed by atoms with E-state index in [1.54, 1.807) is 30.3 Å². The number of carboxylic acid groups (broad SMARTS) is 3. The van der Waals surface area contributed by atoms with Crippen LogP contribution in [0.3, 0.4) is 0 Å². The molecule has 0 saturated carbocycles. The van der Waals surface area contributed by atoms with Crippen molar-refractivity contribution in [2.45, 2.75) is 61.8 Å². The molecule has 0 radical (unpaired) electrons. The normalized spacial score (nSPS) is 14.6. The monoisotopic (exact) mass is 1090 g/mol. The van der Waals surface area contributed by atoms with Crippen molar-refractivity contribution in [3.05, 3.63) is 154 Å². The average molecular weight is 1090 g/mol. The molecular weight excluding hydrogens is 1040 g/mol. The molecule has 74 heavy (non-hydrogen) atoms. The number of amides is 1. The highest BCUT2D eigenvalue weighted by molar-refractivity contribution is 7.90. The fourth-order valence-corrected chi connectivity index (χ4v) is 8.72. The van der Waals surface area contributed by atoms with E-state index in [1.807, 2.05) is 42.5 Å². The fraction of sp³-hybridized carbons (Fsp3) is 0.306. The molecule has 1 saturated heterocycles. The molecule has 0 bridgehead atoms. The molecule has 1 atom stereocenters. The predicted octanol–water partition coefficient (Wildman–Crippen LogP) is 8.67. The molecule has 0 aliphatic carbocycles. The van der Waals surface area contributed by atoms with Crippen LogP contribution < -0.4 is 15.4 Å². The summed E-state index contributed by atoms with van der Waals surface area (Å²) in [6.45, 7) is 6.39. The van der Waals surface area contributed by atoms with Gasteiger partial charge in [0.05, 0.1) is 4.90 Å². The highest BCUT2D eigenvalue weighted by Gasteiger charge is 2.40.